The lowest BCUT2D eigenvalue weighted by Gasteiger charge is -2.34. The minimum absolute atomic E-state index is 0.0206. The van der Waals surface area contributed by atoms with Crippen LogP contribution >= 0.6 is 0 Å². The van der Waals surface area contributed by atoms with E-state index in [1.807, 2.05) is 6.07 Å². The van der Waals surface area contributed by atoms with Gasteiger partial charge in [-0.1, -0.05) is 48.6 Å². The van der Waals surface area contributed by atoms with Gasteiger partial charge in [0.2, 0.25) is 0 Å². The predicted molar refractivity (Wildman–Crippen MR) is 67.5 cm³/mol. The number of hydrogen-bond donors (Lipinski definition) is 0. The fourth-order valence-electron chi connectivity index (χ4n) is 2.40. The summed E-state index contributed by atoms with van der Waals surface area (Å²) >= 11 is 0. The first-order valence-corrected chi connectivity index (χ1v) is 8.89. The zero-order chi connectivity index (χ0) is 11.6. The normalized spacial score (nSPS) is 21.6. The predicted octanol–water partition coefficient (Wildman–Crippen LogP) is 2.31. The SMILES string of the molecule is C[Si](C)(c1ccccc1)C1CCOC(=O)C1. The summed E-state index contributed by atoms with van der Waals surface area (Å²) < 4.78 is 5.02. The van der Waals surface area contributed by atoms with Crippen molar-refractivity contribution in [1.82, 2.24) is 0 Å². The van der Waals surface area contributed by atoms with Crippen molar-refractivity contribution in [3.05, 3.63) is 30.3 Å². The van der Waals surface area contributed by atoms with Gasteiger partial charge in [-0.2, -0.15) is 0 Å². The van der Waals surface area contributed by atoms with Gasteiger partial charge >= 0.3 is 5.97 Å². The maximum Gasteiger partial charge on any atom is 0.305 e. The highest BCUT2D eigenvalue weighted by Gasteiger charge is 2.37. The summed E-state index contributed by atoms with van der Waals surface area (Å²) in [5.74, 6) is -0.0206. The highest BCUT2D eigenvalue weighted by molar-refractivity contribution is 6.91. The number of carbonyl (C=O) groups excluding carboxylic acids is 1. The van der Waals surface area contributed by atoms with Crippen LogP contribution in [0.15, 0.2) is 30.3 Å². The van der Waals surface area contributed by atoms with E-state index in [-0.39, 0.29) is 5.97 Å². The van der Waals surface area contributed by atoms with Crippen molar-refractivity contribution in [2.45, 2.75) is 31.5 Å². The second-order valence-corrected chi connectivity index (χ2v) is 9.84. The highest BCUT2D eigenvalue weighted by Crippen LogP contribution is 2.32. The van der Waals surface area contributed by atoms with Gasteiger partial charge in [-0.25, -0.2) is 0 Å². The molecule has 1 aromatic rings. The van der Waals surface area contributed by atoms with E-state index in [2.05, 4.69) is 37.4 Å². The summed E-state index contributed by atoms with van der Waals surface area (Å²) in [5, 5.41) is 1.44. The largest absolute Gasteiger partial charge is 0.466 e. The molecule has 1 aromatic carbocycles. The number of ether oxygens (including phenoxy) is 1. The molecule has 1 heterocycles. The van der Waals surface area contributed by atoms with Crippen molar-refractivity contribution >= 4 is 19.2 Å². The molecule has 0 amide bonds. The number of cyclic esters (lactones) is 1. The van der Waals surface area contributed by atoms with Gasteiger partial charge in [0.1, 0.15) is 0 Å². The molecule has 16 heavy (non-hydrogen) atoms. The number of benzene rings is 1. The minimum Gasteiger partial charge on any atom is -0.466 e. The second kappa shape index (κ2) is 4.42. The van der Waals surface area contributed by atoms with Crippen molar-refractivity contribution in [1.29, 1.82) is 0 Å². The lowest BCUT2D eigenvalue weighted by molar-refractivity contribution is -0.146. The molecule has 1 fully saturated rings. The number of hydrogen-bond acceptors (Lipinski definition) is 2. The molecule has 86 valence electrons. The summed E-state index contributed by atoms with van der Waals surface area (Å²) in [4.78, 5) is 11.4. The Balaban J connectivity index is 2.21. The summed E-state index contributed by atoms with van der Waals surface area (Å²) in [6.07, 6.45) is 1.63. The maximum atomic E-state index is 11.4. The molecule has 0 spiro atoms. The first-order valence-electron chi connectivity index (χ1n) is 5.82. The number of carbonyl (C=O) groups is 1. The monoisotopic (exact) mass is 234 g/mol. The summed E-state index contributed by atoms with van der Waals surface area (Å²) in [5.41, 5.74) is 0.524. The molecule has 0 aliphatic carbocycles. The molecule has 1 aliphatic heterocycles. The van der Waals surface area contributed by atoms with Gasteiger partial charge in [0.25, 0.3) is 0 Å². The smallest absolute Gasteiger partial charge is 0.305 e. The Morgan fingerprint density at radius 2 is 1.94 bits per heavy atom. The van der Waals surface area contributed by atoms with Crippen molar-refractivity contribution in [2.75, 3.05) is 6.61 Å². The van der Waals surface area contributed by atoms with Gasteiger partial charge in [0.15, 0.2) is 0 Å². The van der Waals surface area contributed by atoms with Gasteiger partial charge < -0.3 is 4.74 Å². The van der Waals surface area contributed by atoms with Gasteiger partial charge in [0.05, 0.1) is 14.7 Å². The molecule has 1 saturated heterocycles. The van der Waals surface area contributed by atoms with Gasteiger partial charge in [0, 0.05) is 6.42 Å². The van der Waals surface area contributed by atoms with E-state index in [9.17, 15) is 4.79 Å². The van der Waals surface area contributed by atoms with Crippen LogP contribution in [-0.4, -0.2) is 20.7 Å². The third-order valence-corrected chi connectivity index (χ3v) is 8.04. The number of esters is 1. The first-order chi connectivity index (χ1) is 7.60. The molecular formula is C13H18O2Si. The Kier molecular flexibility index (Phi) is 3.14. The highest BCUT2D eigenvalue weighted by atomic mass is 28.3. The van der Waals surface area contributed by atoms with Crippen LogP contribution in [0.3, 0.4) is 0 Å². The van der Waals surface area contributed by atoms with Crippen LogP contribution in [0.1, 0.15) is 12.8 Å². The van der Waals surface area contributed by atoms with Crippen LogP contribution in [0.2, 0.25) is 18.6 Å². The number of rotatable bonds is 2. The van der Waals surface area contributed by atoms with Gasteiger partial charge in [-0.05, 0) is 12.0 Å². The van der Waals surface area contributed by atoms with Gasteiger partial charge in [-0.3, -0.25) is 4.79 Å². The zero-order valence-electron chi connectivity index (χ0n) is 9.90. The molecule has 1 aliphatic rings. The van der Waals surface area contributed by atoms with E-state index < -0.39 is 8.07 Å². The van der Waals surface area contributed by atoms with Crippen molar-refractivity contribution in [3.63, 3.8) is 0 Å². The van der Waals surface area contributed by atoms with Crippen molar-refractivity contribution in [2.24, 2.45) is 0 Å². The van der Waals surface area contributed by atoms with Crippen molar-refractivity contribution < 1.29 is 9.53 Å². The summed E-state index contributed by atoms with van der Waals surface area (Å²) in [6.45, 7) is 5.31. The van der Waals surface area contributed by atoms with Crippen LogP contribution in [-0.2, 0) is 9.53 Å². The fourth-order valence-corrected chi connectivity index (χ4v) is 5.44. The Bertz CT molecular complexity index is 373. The third-order valence-electron chi connectivity index (χ3n) is 3.68. The van der Waals surface area contributed by atoms with Crippen LogP contribution < -0.4 is 5.19 Å². The lowest BCUT2D eigenvalue weighted by atomic mass is 10.2. The Morgan fingerprint density at radius 1 is 1.25 bits per heavy atom. The van der Waals surface area contributed by atoms with E-state index >= 15 is 0 Å². The van der Waals surface area contributed by atoms with E-state index in [0.717, 1.165) is 6.42 Å². The van der Waals surface area contributed by atoms with E-state index in [4.69, 9.17) is 4.74 Å². The lowest BCUT2D eigenvalue weighted by Crippen LogP contribution is -2.48. The molecule has 2 rings (SSSR count). The van der Waals surface area contributed by atoms with Gasteiger partial charge in [-0.15, -0.1) is 0 Å². The van der Waals surface area contributed by atoms with Crippen LogP contribution in [0, 0.1) is 0 Å². The van der Waals surface area contributed by atoms with E-state index in [1.54, 1.807) is 0 Å². The molecule has 0 bridgehead atoms. The van der Waals surface area contributed by atoms with Crippen molar-refractivity contribution in [3.8, 4) is 0 Å². The molecule has 0 saturated carbocycles. The summed E-state index contributed by atoms with van der Waals surface area (Å²) in [6, 6.07) is 10.6. The molecule has 0 N–H and O–H groups in total. The molecule has 1 atom stereocenters. The average molecular weight is 234 g/mol. The minimum atomic E-state index is -1.52. The van der Waals surface area contributed by atoms with Crippen LogP contribution in [0.4, 0.5) is 0 Å². The van der Waals surface area contributed by atoms with Crippen LogP contribution in [0.5, 0.6) is 0 Å². The Labute approximate surface area is 97.6 Å². The second-order valence-electron chi connectivity index (χ2n) is 5.00. The molecule has 1 unspecified atom stereocenters. The third kappa shape index (κ3) is 2.19. The standard InChI is InChI=1S/C13H18O2Si/c1-16(2,11-6-4-3-5-7-11)12-8-9-15-13(14)10-12/h3-7,12H,8-10H2,1-2H3. The van der Waals surface area contributed by atoms with E-state index in [0.29, 0.717) is 18.6 Å². The topological polar surface area (TPSA) is 26.3 Å². The molecular weight excluding hydrogens is 216 g/mol. The average Bonchev–Trinajstić information content (AvgIpc) is 2.30. The molecule has 2 nitrogen and oxygen atoms in total. The fraction of sp³-hybridized carbons (Fsp3) is 0.462. The Hall–Kier alpha value is -1.09. The Morgan fingerprint density at radius 3 is 2.56 bits per heavy atom. The molecule has 0 aromatic heterocycles. The quantitative estimate of drug-likeness (QED) is 0.580. The maximum absolute atomic E-state index is 11.4. The van der Waals surface area contributed by atoms with E-state index in [1.165, 1.54) is 5.19 Å². The molecule has 0 radical (unpaired) electrons. The first kappa shape index (κ1) is 11.4. The zero-order valence-corrected chi connectivity index (χ0v) is 10.9. The summed E-state index contributed by atoms with van der Waals surface area (Å²) in [7, 11) is -1.52. The molecule has 3 heteroatoms. The van der Waals surface area contributed by atoms with Crippen LogP contribution in [0.25, 0.3) is 0 Å².